The van der Waals surface area contributed by atoms with Crippen molar-refractivity contribution in [2.24, 2.45) is 0 Å². The minimum Gasteiger partial charge on any atom is -0.497 e. The van der Waals surface area contributed by atoms with E-state index in [0.717, 1.165) is 49.4 Å². The van der Waals surface area contributed by atoms with Crippen LogP contribution in [0.5, 0.6) is 5.75 Å². The number of hydrogen-bond acceptors (Lipinski definition) is 5. The van der Waals surface area contributed by atoms with Gasteiger partial charge in [0.2, 0.25) is 5.91 Å². The zero-order valence-electron chi connectivity index (χ0n) is 22.5. The van der Waals surface area contributed by atoms with Crippen molar-refractivity contribution in [3.8, 4) is 16.9 Å². The number of likely N-dealkylation sites (tertiary alicyclic amines) is 1. The number of aromatic nitrogens is 1. The maximum atomic E-state index is 12.5. The van der Waals surface area contributed by atoms with Crippen LogP contribution < -0.4 is 4.74 Å². The van der Waals surface area contributed by atoms with E-state index in [1.165, 1.54) is 11.1 Å². The molecule has 2 heterocycles. The van der Waals surface area contributed by atoms with Crippen molar-refractivity contribution in [2.75, 3.05) is 41.0 Å². The molecule has 6 heteroatoms. The van der Waals surface area contributed by atoms with Crippen molar-refractivity contribution in [3.63, 3.8) is 0 Å². The van der Waals surface area contributed by atoms with Gasteiger partial charge in [-0.3, -0.25) is 14.7 Å². The Hall–Kier alpha value is -3.22. The minimum absolute atomic E-state index is 0.151. The average Bonchev–Trinajstić information content (AvgIpc) is 2.93. The van der Waals surface area contributed by atoms with E-state index >= 15 is 0 Å². The maximum absolute atomic E-state index is 12.5. The van der Waals surface area contributed by atoms with Gasteiger partial charge in [0.25, 0.3) is 0 Å². The molecule has 1 fully saturated rings. The number of methoxy groups -OCH3 is 2. The summed E-state index contributed by atoms with van der Waals surface area (Å²) >= 11 is 0. The van der Waals surface area contributed by atoms with E-state index in [9.17, 15) is 4.79 Å². The summed E-state index contributed by atoms with van der Waals surface area (Å²) in [5.74, 6) is 1.47. The summed E-state index contributed by atoms with van der Waals surface area (Å²) < 4.78 is 11.0. The van der Waals surface area contributed by atoms with Gasteiger partial charge in [0.1, 0.15) is 5.75 Å². The van der Waals surface area contributed by atoms with Crippen molar-refractivity contribution in [1.29, 1.82) is 0 Å². The minimum atomic E-state index is 0.151. The van der Waals surface area contributed by atoms with E-state index in [4.69, 9.17) is 9.47 Å². The van der Waals surface area contributed by atoms with Crippen LogP contribution in [0, 0.1) is 0 Å². The van der Waals surface area contributed by atoms with Gasteiger partial charge in [0.05, 0.1) is 20.1 Å². The quantitative estimate of drug-likeness (QED) is 0.326. The van der Waals surface area contributed by atoms with Crippen LogP contribution in [0.2, 0.25) is 0 Å². The Kier molecular flexibility index (Phi) is 9.31. The number of carbonyl (C=O) groups excluding carboxylic acids is 1. The zero-order chi connectivity index (χ0) is 26.2. The second-order valence-electron chi connectivity index (χ2n) is 9.94. The molecular weight excluding hydrogens is 462 g/mol. The highest BCUT2D eigenvalue weighted by atomic mass is 16.5. The first-order valence-electron chi connectivity index (χ1n) is 13.1. The first-order chi connectivity index (χ1) is 18.0. The molecule has 0 spiro atoms. The Bertz CT molecular complexity index is 1140. The molecular formula is C31H39N3O3. The van der Waals surface area contributed by atoms with Crippen molar-refractivity contribution < 1.29 is 14.3 Å². The smallest absolute Gasteiger partial charge is 0.226 e. The largest absolute Gasteiger partial charge is 0.497 e. The molecule has 196 valence electrons. The molecule has 6 nitrogen and oxygen atoms in total. The van der Waals surface area contributed by atoms with Crippen LogP contribution in [0.1, 0.15) is 36.8 Å². The molecule has 1 saturated heterocycles. The van der Waals surface area contributed by atoms with Crippen LogP contribution in [-0.4, -0.2) is 73.7 Å². The highest BCUT2D eigenvalue weighted by Crippen LogP contribution is 2.41. The first-order valence-corrected chi connectivity index (χ1v) is 13.1. The number of unbranched alkanes of at least 4 members (excludes halogenated alkanes) is 1. The summed E-state index contributed by atoms with van der Waals surface area (Å²) in [4.78, 5) is 20.9. The van der Waals surface area contributed by atoms with E-state index in [-0.39, 0.29) is 5.91 Å². The molecule has 0 radical (unpaired) electrons. The second-order valence-corrected chi connectivity index (χ2v) is 9.94. The molecule has 3 aromatic rings. The van der Waals surface area contributed by atoms with Crippen LogP contribution in [-0.2, 0) is 16.0 Å². The number of ether oxygens (including phenoxy) is 2. The number of nitrogens with zero attached hydrogens (tertiary/aromatic N) is 3. The van der Waals surface area contributed by atoms with Gasteiger partial charge < -0.3 is 14.4 Å². The Morgan fingerprint density at radius 2 is 1.76 bits per heavy atom. The molecule has 0 bridgehead atoms. The molecule has 3 atom stereocenters. The molecule has 4 rings (SSSR count). The van der Waals surface area contributed by atoms with Gasteiger partial charge >= 0.3 is 0 Å². The molecule has 1 aromatic heterocycles. The molecule has 37 heavy (non-hydrogen) atoms. The third kappa shape index (κ3) is 6.56. The fraction of sp³-hybridized carbons (Fsp3) is 0.419. The molecule has 2 aromatic carbocycles. The number of carbonyl (C=O) groups is 1. The van der Waals surface area contributed by atoms with Crippen molar-refractivity contribution in [2.45, 2.75) is 44.2 Å². The van der Waals surface area contributed by atoms with E-state index in [1.807, 2.05) is 36.2 Å². The van der Waals surface area contributed by atoms with Crippen LogP contribution in [0.3, 0.4) is 0 Å². The first kappa shape index (κ1) is 26.8. The summed E-state index contributed by atoms with van der Waals surface area (Å²) in [5.41, 5.74) is 4.72. The van der Waals surface area contributed by atoms with E-state index in [1.54, 1.807) is 26.6 Å². The topological polar surface area (TPSA) is 54.9 Å². The van der Waals surface area contributed by atoms with E-state index < -0.39 is 0 Å². The lowest BCUT2D eigenvalue weighted by atomic mass is 9.75. The molecule has 0 aliphatic carbocycles. The van der Waals surface area contributed by atoms with Gasteiger partial charge in [-0.1, -0.05) is 36.4 Å². The van der Waals surface area contributed by atoms with Gasteiger partial charge in [-0.25, -0.2) is 0 Å². The lowest BCUT2D eigenvalue weighted by Gasteiger charge is -2.54. The summed E-state index contributed by atoms with van der Waals surface area (Å²) in [6, 6.07) is 21.7. The van der Waals surface area contributed by atoms with Crippen LogP contribution in [0.15, 0.2) is 73.1 Å². The number of amides is 1. The summed E-state index contributed by atoms with van der Waals surface area (Å²) in [7, 11) is 5.38. The Morgan fingerprint density at radius 3 is 2.46 bits per heavy atom. The van der Waals surface area contributed by atoms with Crippen molar-refractivity contribution >= 4 is 5.91 Å². The fourth-order valence-electron chi connectivity index (χ4n) is 5.45. The molecule has 0 saturated carbocycles. The lowest BCUT2D eigenvalue weighted by Crippen LogP contribution is -2.62. The normalized spacial score (nSPS) is 19.3. The maximum Gasteiger partial charge on any atom is 0.226 e. The summed E-state index contributed by atoms with van der Waals surface area (Å²) in [6.45, 7) is 4.82. The lowest BCUT2D eigenvalue weighted by molar-refractivity contribution is -0.129. The van der Waals surface area contributed by atoms with Crippen LogP contribution in [0.4, 0.5) is 0 Å². The SMILES string of the molecule is COC[C@@H]1C(c2ccc(-c3cccc(OC)c3)cc2)[C@H](C)N1CCCCN(C)C(=O)Cc1ccncc1. The number of pyridine rings is 1. The monoisotopic (exact) mass is 501 g/mol. The van der Waals surface area contributed by atoms with Gasteiger partial charge in [-0.15, -0.1) is 0 Å². The number of likely N-dealkylation sites (N-methyl/N-ethyl adjacent to an activating group) is 1. The third-order valence-electron chi connectivity index (χ3n) is 7.61. The van der Waals surface area contributed by atoms with Gasteiger partial charge in [0, 0.05) is 51.1 Å². The Morgan fingerprint density at radius 1 is 1.00 bits per heavy atom. The molecule has 1 amide bonds. The van der Waals surface area contributed by atoms with Crippen LogP contribution in [0.25, 0.3) is 11.1 Å². The number of benzene rings is 2. The summed E-state index contributed by atoms with van der Waals surface area (Å²) in [6.07, 6.45) is 5.93. The number of hydrogen-bond donors (Lipinski definition) is 0. The van der Waals surface area contributed by atoms with E-state index in [2.05, 4.69) is 53.2 Å². The second kappa shape index (κ2) is 12.8. The highest BCUT2D eigenvalue weighted by molar-refractivity contribution is 5.78. The highest BCUT2D eigenvalue weighted by Gasteiger charge is 2.45. The predicted octanol–water partition coefficient (Wildman–Crippen LogP) is 5.04. The third-order valence-corrected chi connectivity index (χ3v) is 7.61. The fourth-order valence-corrected chi connectivity index (χ4v) is 5.45. The average molecular weight is 502 g/mol. The van der Waals surface area contributed by atoms with Gasteiger partial charge in [-0.05, 0) is 72.8 Å². The van der Waals surface area contributed by atoms with Gasteiger partial charge in [-0.2, -0.15) is 0 Å². The predicted molar refractivity (Wildman–Crippen MR) is 148 cm³/mol. The molecule has 1 aliphatic heterocycles. The van der Waals surface area contributed by atoms with E-state index in [0.29, 0.717) is 24.4 Å². The van der Waals surface area contributed by atoms with Gasteiger partial charge in [0.15, 0.2) is 0 Å². The number of rotatable bonds is 12. The Balaban J connectivity index is 1.29. The summed E-state index contributed by atoms with van der Waals surface area (Å²) in [5, 5.41) is 0. The van der Waals surface area contributed by atoms with Crippen LogP contribution >= 0.6 is 0 Å². The standard InChI is InChI=1S/C31H39N3O3/c1-23-31(26-12-10-25(11-13-26)27-8-7-9-28(21-27)37-4)29(22-36-3)34(23)19-6-5-18-33(2)30(35)20-24-14-16-32-17-15-24/h7-17,21,23,29,31H,5-6,18-20,22H2,1-4H3/t23-,29+,31?/m0/s1. The molecule has 1 unspecified atom stereocenters. The zero-order valence-corrected chi connectivity index (χ0v) is 22.5. The van der Waals surface area contributed by atoms with Crippen molar-refractivity contribution in [1.82, 2.24) is 14.8 Å². The molecule has 0 N–H and O–H groups in total. The molecule has 1 aliphatic rings. The van der Waals surface area contributed by atoms with Crippen molar-refractivity contribution in [3.05, 3.63) is 84.2 Å². The Labute approximate surface area is 221 Å².